The maximum Gasteiger partial charge on any atom is 0.261 e. The van der Waals surface area contributed by atoms with E-state index in [-0.39, 0.29) is 4.90 Å². The second-order valence-corrected chi connectivity index (χ2v) is 9.97. The summed E-state index contributed by atoms with van der Waals surface area (Å²) in [5, 5.41) is 6.82. The van der Waals surface area contributed by atoms with E-state index in [0.717, 1.165) is 17.1 Å². The third-order valence-electron chi connectivity index (χ3n) is 5.54. The quantitative estimate of drug-likeness (QED) is 0.446. The zero-order valence-electron chi connectivity index (χ0n) is 18.4. The van der Waals surface area contributed by atoms with E-state index < -0.39 is 10.0 Å². The Morgan fingerprint density at radius 1 is 0.812 bits per heavy atom. The standard InChI is InChI=1S/C24H29N5O2S/c1-17-8-14-22(15-9-17)32(30,31)29-21-12-10-20(11-13-21)28-24-16-23(25-18(2)26-24)27-19-6-4-3-5-7-19/h8-16,19,29H,3-7H2,1-2H3,(H2,25,26,27,28). The van der Waals surface area contributed by atoms with Crippen LogP contribution in [-0.2, 0) is 10.0 Å². The van der Waals surface area contributed by atoms with Crippen molar-refractivity contribution in [2.45, 2.75) is 56.9 Å². The van der Waals surface area contributed by atoms with Gasteiger partial charge < -0.3 is 10.6 Å². The van der Waals surface area contributed by atoms with Crippen LogP contribution in [-0.4, -0.2) is 24.4 Å². The molecule has 7 nitrogen and oxygen atoms in total. The molecule has 168 valence electrons. The number of rotatable bonds is 7. The van der Waals surface area contributed by atoms with Crippen molar-refractivity contribution in [1.82, 2.24) is 9.97 Å². The fourth-order valence-corrected chi connectivity index (χ4v) is 4.92. The molecule has 0 aliphatic heterocycles. The lowest BCUT2D eigenvalue weighted by Crippen LogP contribution is -2.23. The summed E-state index contributed by atoms with van der Waals surface area (Å²) in [7, 11) is -3.63. The molecule has 0 amide bonds. The second kappa shape index (κ2) is 9.56. The number of hydrogen-bond donors (Lipinski definition) is 3. The van der Waals surface area contributed by atoms with Gasteiger partial charge in [-0.3, -0.25) is 4.72 Å². The SMILES string of the molecule is Cc1ccc(S(=O)(=O)Nc2ccc(Nc3cc(NC4CCCCC4)nc(C)n3)cc2)cc1. The summed E-state index contributed by atoms with van der Waals surface area (Å²) in [5.41, 5.74) is 2.32. The molecule has 1 aliphatic rings. The van der Waals surface area contributed by atoms with Crippen LogP contribution in [0, 0.1) is 13.8 Å². The van der Waals surface area contributed by atoms with Crippen molar-refractivity contribution >= 4 is 33.0 Å². The highest BCUT2D eigenvalue weighted by molar-refractivity contribution is 7.92. The number of nitrogens with zero attached hydrogens (tertiary/aromatic N) is 2. The molecule has 0 saturated heterocycles. The summed E-state index contributed by atoms with van der Waals surface area (Å²) in [6.07, 6.45) is 6.17. The summed E-state index contributed by atoms with van der Waals surface area (Å²) < 4.78 is 27.8. The summed E-state index contributed by atoms with van der Waals surface area (Å²) in [6, 6.07) is 16.2. The molecule has 1 heterocycles. The smallest absolute Gasteiger partial charge is 0.261 e. The van der Waals surface area contributed by atoms with E-state index in [4.69, 9.17) is 0 Å². The van der Waals surface area contributed by atoms with Gasteiger partial charge in [0.05, 0.1) is 4.90 Å². The minimum Gasteiger partial charge on any atom is -0.367 e. The molecule has 4 rings (SSSR count). The Morgan fingerprint density at radius 3 is 2.12 bits per heavy atom. The minimum atomic E-state index is -3.63. The Bertz CT molecular complexity index is 1160. The van der Waals surface area contributed by atoms with Gasteiger partial charge in [0, 0.05) is 23.5 Å². The average molecular weight is 452 g/mol. The van der Waals surface area contributed by atoms with Gasteiger partial charge in [0.25, 0.3) is 10.0 Å². The summed E-state index contributed by atoms with van der Waals surface area (Å²) >= 11 is 0. The van der Waals surface area contributed by atoms with E-state index in [0.29, 0.717) is 23.4 Å². The van der Waals surface area contributed by atoms with E-state index in [1.165, 1.54) is 32.1 Å². The molecule has 2 aromatic carbocycles. The summed E-state index contributed by atoms with van der Waals surface area (Å²) in [4.78, 5) is 9.23. The third-order valence-corrected chi connectivity index (χ3v) is 6.93. The lowest BCUT2D eigenvalue weighted by Gasteiger charge is -2.23. The molecule has 3 aromatic rings. The molecule has 1 fully saturated rings. The Morgan fingerprint density at radius 2 is 1.44 bits per heavy atom. The fraction of sp³-hybridized carbons (Fsp3) is 0.333. The highest BCUT2D eigenvalue weighted by Gasteiger charge is 2.15. The van der Waals surface area contributed by atoms with Crippen molar-refractivity contribution in [3.05, 3.63) is 66.0 Å². The van der Waals surface area contributed by atoms with Crippen molar-refractivity contribution in [2.24, 2.45) is 0 Å². The van der Waals surface area contributed by atoms with Gasteiger partial charge in [0.15, 0.2) is 0 Å². The van der Waals surface area contributed by atoms with Crippen LogP contribution >= 0.6 is 0 Å². The number of sulfonamides is 1. The number of aromatic nitrogens is 2. The van der Waals surface area contributed by atoms with Crippen LogP contribution in [0.3, 0.4) is 0 Å². The maximum atomic E-state index is 12.6. The minimum absolute atomic E-state index is 0.236. The molecule has 0 bridgehead atoms. The van der Waals surface area contributed by atoms with Crippen LogP contribution in [0.1, 0.15) is 43.5 Å². The first-order chi connectivity index (χ1) is 15.4. The fourth-order valence-electron chi connectivity index (χ4n) is 3.86. The average Bonchev–Trinajstić information content (AvgIpc) is 2.75. The normalized spacial score (nSPS) is 14.7. The van der Waals surface area contributed by atoms with Crippen LogP contribution in [0.4, 0.5) is 23.0 Å². The van der Waals surface area contributed by atoms with E-state index in [1.807, 2.05) is 32.0 Å². The van der Waals surface area contributed by atoms with Gasteiger partial charge in [-0.25, -0.2) is 18.4 Å². The lowest BCUT2D eigenvalue weighted by molar-refractivity contribution is 0.462. The van der Waals surface area contributed by atoms with Crippen molar-refractivity contribution in [2.75, 3.05) is 15.4 Å². The molecule has 0 atom stereocenters. The zero-order chi connectivity index (χ0) is 22.6. The van der Waals surface area contributed by atoms with Crippen molar-refractivity contribution in [1.29, 1.82) is 0 Å². The van der Waals surface area contributed by atoms with Crippen LogP contribution < -0.4 is 15.4 Å². The number of anilines is 4. The molecule has 32 heavy (non-hydrogen) atoms. The van der Waals surface area contributed by atoms with Crippen LogP contribution in [0.25, 0.3) is 0 Å². The molecule has 0 unspecified atom stereocenters. The maximum absolute atomic E-state index is 12.6. The van der Waals surface area contributed by atoms with Gasteiger partial charge in [-0.2, -0.15) is 0 Å². The van der Waals surface area contributed by atoms with Gasteiger partial charge in [0.2, 0.25) is 0 Å². The van der Waals surface area contributed by atoms with Crippen LogP contribution in [0.5, 0.6) is 0 Å². The topological polar surface area (TPSA) is 96.0 Å². The number of hydrogen-bond acceptors (Lipinski definition) is 6. The highest BCUT2D eigenvalue weighted by atomic mass is 32.2. The summed E-state index contributed by atoms with van der Waals surface area (Å²) in [5.74, 6) is 2.22. The molecule has 0 radical (unpaired) electrons. The van der Waals surface area contributed by atoms with Gasteiger partial charge in [-0.05, 0) is 63.1 Å². The Kier molecular flexibility index (Phi) is 6.60. The van der Waals surface area contributed by atoms with E-state index in [2.05, 4.69) is 25.3 Å². The van der Waals surface area contributed by atoms with Crippen molar-refractivity contribution in [3.63, 3.8) is 0 Å². The van der Waals surface area contributed by atoms with Crippen molar-refractivity contribution in [3.8, 4) is 0 Å². The van der Waals surface area contributed by atoms with E-state index in [9.17, 15) is 8.42 Å². The molecule has 3 N–H and O–H groups in total. The Labute approximate surface area is 189 Å². The van der Waals surface area contributed by atoms with Gasteiger partial charge in [-0.15, -0.1) is 0 Å². The largest absolute Gasteiger partial charge is 0.367 e. The molecule has 8 heteroatoms. The summed E-state index contributed by atoms with van der Waals surface area (Å²) in [6.45, 7) is 3.80. The first-order valence-corrected chi connectivity index (χ1v) is 12.4. The van der Waals surface area contributed by atoms with Crippen LogP contribution in [0.2, 0.25) is 0 Å². The molecule has 1 aromatic heterocycles. The lowest BCUT2D eigenvalue weighted by atomic mass is 9.95. The van der Waals surface area contributed by atoms with Gasteiger partial charge in [-0.1, -0.05) is 37.0 Å². The predicted octanol–water partition coefficient (Wildman–Crippen LogP) is 5.38. The van der Waals surface area contributed by atoms with Gasteiger partial charge >= 0.3 is 0 Å². The number of nitrogens with one attached hydrogen (secondary N) is 3. The first kappa shape index (κ1) is 22.1. The number of benzene rings is 2. The Balaban J connectivity index is 1.42. The molecular weight excluding hydrogens is 422 g/mol. The van der Waals surface area contributed by atoms with Crippen LogP contribution in [0.15, 0.2) is 59.5 Å². The molecule has 1 saturated carbocycles. The van der Waals surface area contributed by atoms with Crippen molar-refractivity contribution < 1.29 is 8.42 Å². The molecule has 1 aliphatic carbocycles. The highest BCUT2D eigenvalue weighted by Crippen LogP contribution is 2.24. The van der Waals surface area contributed by atoms with E-state index >= 15 is 0 Å². The third kappa shape index (κ3) is 5.76. The number of aryl methyl sites for hydroxylation is 2. The zero-order valence-corrected chi connectivity index (χ0v) is 19.2. The van der Waals surface area contributed by atoms with E-state index in [1.54, 1.807) is 36.4 Å². The predicted molar refractivity (Wildman–Crippen MR) is 129 cm³/mol. The first-order valence-electron chi connectivity index (χ1n) is 11.0. The Hall–Kier alpha value is -3.13. The second-order valence-electron chi connectivity index (χ2n) is 8.29. The van der Waals surface area contributed by atoms with Gasteiger partial charge in [0.1, 0.15) is 17.5 Å². The molecule has 0 spiro atoms. The monoisotopic (exact) mass is 451 g/mol. The molecular formula is C24H29N5O2S.